The molecule has 2 aromatic carbocycles. The van der Waals surface area contributed by atoms with E-state index in [1.807, 2.05) is 0 Å². The Hall–Kier alpha value is -2.76. The highest BCUT2D eigenvalue weighted by Gasteiger charge is 2.09. The predicted octanol–water partition coefficient (Wildman–Crippen LogP) is 3.50. The maximum absolute atomic E-state index is 13.1. The Kier molecular flexibility index (Phi) is 4.27. The first-order valence-corrected chi connectivity index (χ1v) is 6.07. The number of halogens is 2. The van der Waals surface area contributed by atoms with Crippen molar-refractivity contribution in [3.8, 4) is 0 Å². The van der Waals surface area contributed by atoms with Gasteiger partial charge >= 0.3 is 5.97 Å². The lowest BCUT2D eigenvalue weighted by Gasteiger charge is -2.06. The van der Waals surface area contributed by atoms with Gasteiger partial charge in [-0.15, -0.1) is 0 Å². The van der Waals surface area contributed by atoms with Gasteiger partial charge in [0.15, 0.2) is 11.6 Å². The SMILES string of the molecule is C/C(=N\Nc1ccccc1C(=O)O)c1ccc(F)c(F)c1. The molecule has 0 saturated heterocycles. The highest BCUT2D eigenvalue weighted by Crippen LogP contribution is 2.15. The third-order valence-electron chi connectivity index (χ3n) is 2.84. The molecular formula is C15H12F2N2O2. The van der Waals surface area contributed by atoms with E-state index in [0.717, 1.165) is 12.1 Å². The Balaban J connectivity index is 2.24. The van der Waals surface area contributed by atoms with Crippen molar-refractivity contribution in [3.05, 3.63) is 65.2 Å². The fraction of sp³-hybridized carbons (Fsp3) is 0.0667. The van der Waals surface area contributed by atoms with E-state index in [1.165, 1.54) is 12.1 Å². The number of hydrogen-bond acceptors (Lipinski definition) is 3. The minimum absolute atomic E-state index is 0.0688. The summed E-state index contributed by atoms with van der Waals surface area (Å²) in [5.74, 6) is -2.98. The predicted molar refractivity (Wildman–Crippen MR) is 75.6 cm³/mol. The van der Waals surface area contributed by atoms with Crippen LogP contribution >= 0.6 is 0 Å². The summed E-state index contributed by atoms with van der Waals surface area (Å²) in [7, 11) is 0. The quantitative estimate of drug-likeness (QED) is 0.669. The zero-order chi connectivity index (χ0) is 15.4. The van der Waals surface area contributed by atoms with Crippen LogP contribution in [0, 0.1) is 11.6 Å². The average molecular weight is 290 g/mol. The number of nitrogens with zero attached hydrogens (tertiary/aromatic N) is 1. The summed E-state index contributed by atoms with van der Waals surface area (Å²) in [4.78, 5) is 11.0. The molecule has 0 heterocycles. The van der Waals surface area contributed by atoms with Crippen LogP contribution in [-0.2, 0) is 0 Å². The molecule has 4 nitrogen and oxygen atoms in total. The molecule has 2 rings (SSSR count). The van der Waals surface area contributed by atoms with Crippen molar-refractivity contribution >= 4 is 17.4 Å². The molecule has 2 N–H and O–H groups in total. The Labute approximate surface area is 119 Å². The summed E-state index contributed by atoms with van der Waals surface area (Å²) in [6.07, 6.45) is 0. The number of aromatic carboxylic acids is 1. The summed E-state index contributed by atoms with van der Waals surface area (Å²) in [5.41, 5.74) is 3.79. The van der Waals surface area contributed by atoms with Crippen molar-refractivity contribution in [1.29, 1.82) is 0 Å². The maximum Gasteiger partial charge on any atom is 0.337 e. The molecule has 21 heavy (non-hydrogen) atoms. The third-order valence-corrected chi connectivity index (χ3v) is 2.84. The smallest absolute Gasteiger partial charge is 0.337 e. The van der Waals surface area contributed by atoms with Gasteiger partial charge in [0.2, 0.25) is 0 Å². The molecule has 6 heteroatoms. The molecule has 0 aliphatic rings. The molecule has 0 radical (unpaired) electrons. The van der Waals surface area contributed by atoms with E-state index in [2.05, 4.69) is 10.5 Å². The van der Waals surface area contributed by atoms with Crippen molar-refractivity contribution in [2.75, 3.05) is 5.43 Å². The summed E-state index contributed by atoms with van der Waals surface area (Å²) in [5, 5.41) is 13.0. The Morgan fingerprint density at radius 3 is 2.52 bits per heavy atom. The van der Waals surface area contributed by atoms with Crippen LogP contribution in [0.2, 0.25) is 0 Å². The summed E-state index contributed by atoms with van der Waals surface area (Å²) in [6.45, 7) is 1.60. The van der Waals surface area contributed by atoms with E-state index < -0.39 is 17.6 Å². The second-order valence-corrected chi connectivity index (χ2v) is 4.29. The zero-order valence-electron chi connectivity index (χ0n) is 11.1. The van der Waals surface area contributed by atoms with Gasteiger partial charge in [-0.3, -0.25) is 5.43 Å². The van der Waals surface area contributed by atoms with Crippen LogP contribution in [-0.4, -0.2) is 16.8 Å². The standard InChI is InChI=1S/C15H12F2N2O2/c1-9(10-6-7-12(16)13(17)8-10)18-19-14-5-3-2-4-11(14)15(20)21/h2-8,19H,1H3,(H,20,21)/b18-9+. The number of carboxylic acids is 1. The molecule has 0 amide bonds. The topological polar surface area (TPSA) is 61.7 Å². The average Bonchev–Trinajstić information content (AvgIpc) is 2.47. The van der Waals surface area contributed by atoms with Gasteiger partial charge in [0.05, 0.1) is 17.0 Å². The molecule has 0 atom stereocenters. The molecular weight excluding hydrogens is 278 g/mol. The monoisotopic (exact) mass is 290 g/mol. The first-order valence-electron chi connectivity index (χ1n) is 6.07. The first-order chi connectivity index (χ1) is 9.99. The molecule has 2 aromatic rings. The van der Waals surface area contributed by atoms with E-state index in [-0.39, 0.29) is 5.56 Å². The first kappa shape index (κ1) is 14.6. The number of nitrogens with one attached hydrogen (secondary N) is 1. The van der Waals surface area contributed by atoms with Gasteiger partial charge in [-0.05, 0) is 37.3 Å². The normalized spacial score (nSPS) is 11.3. The van der Waals surface area contributed by atoms with Gasteiger partial charge in [-0.2, -0.15) is 5.10 Å². The molecule has 0 aromatic heterocycles. The van der Waals surface area contributed by atoms with Crippen LogP contribution in [0.25, 0.3) is 0 Å². The number of para-hydroxylation sites is 1. The lowest BCUT2D eigenvalue weighted by molar-refractivity contribution is 0.0698. The lowest BCUT2D eigenvalue weighted by atomic mass is 10.1. The Morgan fingerprint density at radius 2 is 1.86 bits per heavy atom. The van der Waals surface area contributed by atoms with Crippen LogP contribution in [0.1, 0.15) is 22.8 Å². The second kappa shape index (κ2) is 6.13. The number of hydrazone groups is 1. The molecule has 0 unspecified atom stereocenters. The van der Waals surface area contributed by atoms with Gasteiger partial charge in [-0.1, -0.05) is 12.1 Å². The van der Waals surface area contributed by atoms with Gasteiger partial charge in [0.25, 0.3) is 0 Å². The molecule has 108 valence electrons. The Bertz CT molecular complexity index is 715. The lowest BCUT2D eigenvalue weighted by Crippen LogP contribution is -2.05. The van der Waals surface area contributed by atoms with Gasteiger partial charge in [0, 0.05) is 5.56 Å². The van der Waals surface area contributed by atoms with Gasteiger partial charge in [0.1, 0.15) is 0 Å². The fourth-order valence-electron chi connectivity index (χ4n) is 1.70. The minimum atomic E-state index is -1.08. The largest absolute Gasteiger partial charge is 0.478 e. The van der Waals surface area contributed by atoms with Gasteiger partial charge < -0.3 is 5.11 Å². The van der Waals surface area contributed by atoms with Gasteiger partial charge in [-0.25, -0.2) is 13.6 Å². The third kappa shape index (κ3) is 3.42. The molecule has 0 spiro atoms. The van der Waals surface area contributed by atoms with Crippen LogP contribution in [0.5, 0.6) is 0 Å². The fourth-order valence-corrected chi connectivity index (χ4v) is 1.70. The van der Waals surface area contributed by atoms with Crippen molar-refractivity contribution in [2.24, 2.45) is 5.10 Å². The Morgan fingerprint density at radius 1 is 1.14 bits per heavy atom. The number of rotatable bonds is 4. The van der Waals surface area contributed by atoms with Crippen molar-refractivity contribution in [2.45, 2.75) is 6.92 Å². The number of carbonyl (C=O) groups is 1. The van der Waals surface area contributed by atoms with E-state index in [0.29, 0.717) is 17.0 Å². The number of carboxylic acid groups (broad SMARTS) is 1. The van der Waals surface area contributed by atoms with Crippen LogP contribution in [0.4, 0.5) is 14.5 Å². The second-order valence-electron chi connectivity index (χ2n) is 4.29. The van der Waals surface area contributed by atoms with Crippen molar-refractivity contribution in [3.63, 3.8) is 0 Å². The number of hydrogen-bond donors (Lipinski definition) is 2. The maximum atomic E-state index is 13.1. The highest BCUT2D eigenvalue weighted by molar-refractivity contribution is 5.99. The van der Waals surface area contributed by atoms with Crippen LogP contribution in [0.3, 0.4) is 0 Å². The van der Waals surface area contributed by atoms with E-state index >= 15 is 0 Å². The molecule has 0 bridgehead atoms. The zero-order valence-corrected chi connectivity index (χ0v) is 11.1. The molecule has 0 saturated carbocycles. The summed E-state index contributed by atoms with van der Waals surface area (Å²) in [6, 6.07) is 9.69. The highest BCUT2D eigenvalue weighted by atomic mass is 19.2. The van der Waals surface area contributed by atoms with Crippen LogP contribution < -0.4 is 5.43 Å². The summed E-state index contributed by atoms with van der Waals surface area (Å²) >= 11 is 0. The van der Waals surface area contributed by atoms with Crippen molar-refractivity contribution < 1.29 is 18.7 Å². The van der Waals surface area contributed by atoms with Crippen LogP contribution in [0.15, 0.2) is 47.6 Å². The molecule has 0 aliphatic carbocycles. The molecule has 0 fully saturated rings. The molecule has 0 aliphatic heterocycles. The summed E-state index contributed by atoms with van der Waals surface area (Å²) < 4.78 is 26.0. The number of anilines is 1. The van der Waals surface area contributed by atoms with Crippen molar-refractivity contribution in [1.82, 2.24) is 0 Å². The number of benzene rings is 2. The van der Waals surface area contributed by atoms with E-state index in [4.69, 9.17) is 5.11 Å². The van der Waals surface area contributed by atoms with E-state index in [9.17, 15) is 13.6 Å². The van der Waals surface area contributed by atoms with E-state index in [1.54, 1.807) is 25.1 Å². The minimum Gasteiger partial charge on any atom is -0.478 e.